The maximum Gasteiger partial charge on any atom is 0.336 e. The SMILES string of the molecule is COc1cc(C)cc(C(=O)O)c1Br. The summed E-state index contributed by atoms with van der Waals surface area (Å²) in [6.45, 7) is 1.82. The van der Waals surface area contributed by atoms with Crippen LogP contribution in [0.15, 0.2) is 16.6 Å². The minimum atomic E-state index is -0.964. The van der Waals surface area contributed by atoms with Gasteiger partial charge in [0.05, 0.1) is 17.1 Å². The molecule has 0 aliphatic carbocycles. The molecule has 0 aliphatic heterocycles. The first-order valence-electron chi connectivity index (χ1n) is 3.63. The van der Waals surface area contributed by atoms with Crippen molar-refractivity contribution in [3.63, 3.8) is 0 Å². The summed E-state index contributed by atoms with van der Waals surface area (Å²) < 4.78 is 5.49. The van der Waals surface area contributed by atoms with Crippen LogP contribution in [0.2, 0.25) is 0 Å². The molecule has 0 fully saturated rings. The van der Waals surface area contributed by atoms with Crippen LogP contribution in [-0.4, -0.2) is 18.2 Å². The molecule has 0 aliphatic rings. The molecule has 1 rings (SSSR count). The Hall–Kier alpha value is -1.03. The first-order valence-corrected chi connectivity index (χ1v) is 4.43. The summed E-state index contributed by atoms with van der Waals surface area (Å²) in [6, 6.07) is 3.37. The van der Waals surface area contributed by atoms with Gasteiger partial charge in [-0.05, 0) is 40.5 Å². The second-order valence-corrected chi connectivity index (χ2v) is 3.43. The smallest absolute Gasteiger partial charge is 0.336 e. The van der Waals surface area contributed by atoms with E-state index in [0.29, 0.717) is 10.2 Å². The van der Waals surface area contributed by atoms with E-state index in [4.69, 9.17) is 9.84 Å². The molecular weight excluding hydrogens is 236 g/mol. The molecule has 0 atom stereocenters. The fourth-order valence-electron chi connectivity index (χ4n) is 1.04. The fraction of sp³-hybridized carbons (Fsp3) is 0.222. The lowest BCUT2D eigenvalue weighted by atomic mass is 10.1. The van der Waals surface area contributed by atoms with E-state index in [9.17, 15) is 4.79 Å². The van der Waals surface area contributed by atoms with Gasteiger partial charge in [0.2, 0.25) is 0 Å². The van der Waals surface area contributed by atoms with Crippen LogP contribution in [0.3, 0.4) is 0 Å². The number of carboxylic acids is 1. The highest BCUT2D eigenvalue weighted by molar-refractivity contribution is 9.10. The summed E-state index contributed by atoms with van der Waals surface area (Å²) in [5, 5.41) is 8.82. The number of carbonyl (C=O) groups is 1. The molecule has 13 heavy (non-hydrogen) atoms. The van der Waals surface area contributed by atoms with Crippen molar-refractivity contribution in [2.75, 3.05) is 7.11 Å². The van der Waals surface area contributed by atoms with E-state index in [1.165, 1.54) is 7.11 Å². The molecule has 0 heterocycles. The van der Waals surface area contributed by atoms with Gasteiger partial charge in [0.25, 0.3) is 0 Å². The topological polar surface area (TPSA) is 46.5 Å². The Kier molecular flexibility index (Phi) is 2.93. The van der Waals surface area contributed by atoms with Crippen molar-refractivity contribution in [1.29, 1.82) is 0 Å². The van der Waals surface area contributed by atoms with Gasteiger partial charge in [0.15, 0.2) is 0 Å². The molecule has 0 amide bonds. The number of hydrogen-bond donors (Lipinski definition) is 1. The van der Waals surface area contributed by atoms with Crippen molar-refractivity contribution >= 4 is 21.9 Å². The van der Waals surface area contributed by atoms with Crippen LogP contribution < -0.4 is 4.74 Å². The number of ether oxygens (including phenoxy) is 1. The summed E-state index contributed by atoms with van der Waals surface area (Å²) in [5.74, 6) is -0.425. The van der Waals surface area contributed by atoms with Gasteiger partial charge in [0, 0.05) is 0 Å². The Balaban J connectivity index is 3.35. The quantitative estimate of drug-likeness (QED) is 0.870. The van der Waals surface area contributed by atoms with E-state index in [2.05, 4.69) is 15.9 Å². The van der Waals surface area contributed by atoms with Crippen molar-refractivity contribution in [3.05, 3.63) is 27.7 Å². The van der Waals surface area contributed by atoms with Crippen molar-refractivity contribution in [2.24, 2.45) is 0 Å². The molecular formula is C9H9BrO3. The number of halogens is 1. The maximum absolute atomic E-state index is 10.8. The first-order chi connectivity index (χ1) is 6.06. The standard InChI is InChI=1S/C9H9BrO3/c1-5-3-6(9(11)12)8(10)7(4-5)13-2/h3-4H,1-2H3,(H,11,12). The largest absolute Gasteiger partial charge is 0.496 e. The minimum absolute atomic E-state index is 0.219. The highest BCUT2D eigenvalue weighted by Crippen LogP contribution is 2.29. The zero-order valence-electron chi connectivity index (χ0n) is 7.30. The second kappa shape index (κ2) is 3.79. The summed E-state index contributed by atoms with van der Waals surface area (Å²) in [4.78, 5) is 10.8. The highest BCUT2D eigenvalue weighted by atomic mass is 79.9. The third-order valence-corrected chi connectivity index (χ3v) is 2.45. The van der Waals surface area contributed by atoms with E-state index < -0.39 is 5.97 Å². The Labute approximate surface area is 84.5 Å². The van der Waals surface area contributed by atoms with Gasteiger partial charge in [-0.2, -0.15) is 0 Å². The monoisotopic (exact) mass is 244 g/mol. The first kappa shape index (κ1) is 10.1. The van der Waals surface area contributed by atoms with E-state index in [1.54, 1.807) is 12.1 Å². The van der Waals surface area contributed by atoms with Crippen molar-refractivity contribution in [3.8, 4) is 5.75 Å². The predicted molar refractivity (Wildman–Crippen MR) is 52.4 cm³/mol. The van der Waals surface area contributed by atoms with Crippen LogP contribution >= 0.6 is 15.9 Å². The van der Waals surface area contributed by atoms with Gasteiger partial charge in [-0.25, -0.2) is 4.79 Å². The summed E-state index contributed by atoms with van der Waals surface area (Å²) in [7, 11) is 1.51. The molecule has 70 valence electrons. The minimum Gasteiger partial charge on any atom is -0.496 e. The van der Waals surface area contributed by atoms with E-state index in [0.717, 1.165) is 5.56 Å². The van der Waals surface area contributed by atoms with Crippen molar-refractivity contribution < 1.29 is 14.6 Å². The van der Waals surface area contributed by atoms with Gasteiger partial charge in [-0.3, -0.25) is 0 Å². The summed E-state index contributed by atoms with van der Waals surface area (Å²) in [6.07, 6.45) is 0. The van der Waals surface area contributed by atoms with Gasteiger partial charge in [-0.1, -0.05) is 0 Å². The molecule has 0 saturated heterocycles. The average Bonchev–Trinajstić information content (AvgIpc) is 2.08. The molecule has 0 aromatic heterocycles. The van der Waals surface area contributed by atoms with Gasteiger partial charge in [-0.15, -0.1) is 0 Å². The Morgan fingerprint density at radius 2 is 2.15 bits per heavy atom. The van der Waals surface area contributed by atoms with Gasteiger partial charge in [0.1, 0.15) is 5.75 Å². The number of hydrogen-bond acceptors (Lipinski definition) is 2. The molecule has 0 saturated carbocycles. The van der Waals surface area contributed by atoms with Gasteiger partial charge >= 0.3 is 5.97 Å². The maximum atomic E-state index is 10.8. The van der Waals surface area contributed by atoms with Crippen LogP contribution in [0, 0.1) is 6.92 Å². The predicted octanol–water partition coefficient (Wildman–Crippen LogP) is 2.46. The van der Waals surface area contributed by atoms with Crippen LogP contribution in [0.25, 0.3) is 0 Å². The molecule has 0 bridgehead atoms. The van der Waals surface area contributed by atoms with Crippen LogP contribution in [0.4, 0.5) is 0 Å². The number of aryl methyl sites for hydroxylation is 1. The Bertz CT molecular complexity index is 347. The Morgan fingerprint density at radius 3 is 2.62 bits per heavy atom. The molecule has 1 N–H and O–H groups in total. The van der Waals surface area contributed by atoms with Crippen molar-refractivity contribution in [1.82, 2.24) is 0 Å². The fourth-order valence-corrected chi connectivity index (χ4v) is 1.60. The van der Waals surface area contributed by atoms with E-state index in [-0.39, 0.29) is 5.56 Å². The zero-order valence-corrected chi connectivity index (χ0v) is 8.88. The number of carboxylic acid groups (broad SMARTS) is 1. The number of aromatic carboxylic acids is 1. The van der Waals surface area contributed by atoms with E-state index in [1.807, 2.05) is 6.92 Å². The number of benzene rings is 1. The molecule has 1 aromatic carbocycles. The molecule has 4 heteroatoms. The van der Waals surface area contributed by atoms with E-state index >= 15 is 0 Å². The second-order valence-electron chi connectivity index (χ2n) is 2.63. The van der Waals surface area contributed by atoms with Crippen molar-refractivity contribution in [2.45, 2.75) is 6.92 Å². The summed E-state index contributed by atoms with van der Waals surface area (Å²) >= 11 is 3.17. The Morgan fingerprint density at radius 1 is 1.54 bits per heavy atom. The molecule has 1 aromatic rings. The normalized spacial score (nSPS) is 9.77. The molecule has 0 unspecified atom stereocenters. The average molecular weight is 245 g/mol. The number of rotatable bonds is 2. The highest BCUT2D eigenvalue weighted by Gasteiger charge is 2.13. The van der Waals surface area contributed by atoms with Crippen LogP contribution in [0.1, 0.15) is 15.9 Å². The lowest BCUT2D eigenvalue weighted by molar-refractivity contribution is 0.0695. The molecule has 3 nitrogen and oxygen atoms in total. The lowest BCUT2D eigenvalue weighted by Crippen LogP contribution is -2.00. The van der Waals surface area contributed by atoms with Crippen LogP contribution in [-0.2, 0) is 0 Å². The third kappa shape index (κ3) is 2.01. The van der Waals surface area contributed by atoms with Gasteiger partial charge < -0.3 is 9.84 Å². The lowest BCUT2D eigenvalue weighted by Gasteiger charge is -2.07. The molecule has 0 spiro atoms. The van der Waals surface area contributed by atoms with Crippen LogP contribution in [0.5, 0.6) is 5.75 Å². The third-order valence-electron chi connectivity index (χ3n) is 1.63. The molecule has 0 radical (unpaired) electrons. The zero-order chi connectivity index (χ0) is 10.0. The number of methoxy groups -OCH3 is 1. The summed E-state index contributed by atoms with van der Waals surface area (Å²) in [5.41, 5.74) is 1.08.